The number of fused-ring (bicyclic) bond motifs is 1. The number of nitrogens with one attached hydrogen (secondary N) is 1. The Bertz CT molecular complexity index is 560. The molecule has 0 fully saturated rings. The predicted octanol–water partition coefficient (Wildman–Crippen LogP) is 1.90. The van der Waals surface area contributed by atoms with Crippen molar-refractivity contribution in [3.05, 3.63) is 36.0 Å². The van der Waals surface area contributed by atoms with Crippen molar-refractivity contribution in [2.24, 2.45) is 0 Å². The molecule has 1 aromatic heterocycles. The van der Waals surface area contributed by atoms with Gasteiger partial charge in [0.2, 0.25) is 0 Å². The second kappa shape index (κ2) is 5.28. The molecule has 2 aromatic rings. The van der Waals surface area contributed by atoms with Crippen molar-refractivity contribution in [1.29, 1.82) is 5.26 Å². The second-order valence-electron chi connectivity index (χ2n) is 3.68. The first kappa shape index (κ1) is 11.4. The van der Waals surface area contributed by atoms with E-state index in [1.54, 1.807) is 6.20 Å². The fraction of sp³-hybridized carbons (Fsp3) is 0.231. The lowest BCUT2D eigenvalue weighted by Gasteiger charge is -2.10. The SMILES string of the molecule is N#Cc1cnc2ccccc2c1NCCCO. The van der Waals surface area contributed by atoms with Crippen LogP contribution < -0.4 is 5.32 Å². The van der Waals surface area contributed by atoms with Gasteiger partial charge in [0.25, 0.3) is 0 Å². The quantitative estimate of drug-likeness (QED) is 0.783. The molecule has 4 nitrogen and oxygen atoms in total. The maximum absolute atomic E-state index is 9.06. The third-order valence-corrected chi connectivity index (χ3v) is 2.53. The van der Waals surface area contributed by atoms with E-state index in [2.05, 4.69) is 16.4 Å². The van der Waals surface area contributed by atoms with Gasteiger partial charge in [0.15, 0.2) is 0 Å². The molecule has 0 amide bonds. The monoisotopic (exact) mass is 227 g/mol. The Hall–Kier alpha value is -2.12. The summed E-state index contributed by atoms with van der Waals surface area (Å²) in [6, 6.07) is 9.81. The third-order valence-electron chi connectivity index (χ3n) is 2.53. The molecule has 2 rings (SSSR count). The highest BCUT2D eigenvalue weighted by Gasteiger charge is 2.07. The number of para-hydroxylation sites is 1. The minimum absolute atomic E-state index is 0.137. The Balaban J connectivity index is 2.45. The number of pyridine rings is 1. The molecule has 0 atom stereocenters. The third kappa shape index (κ3) is 2.35. The van der Waals surface area contributed by atoms with Crippen LogP contribution in [0.15, 0.2) is 30.5 Å². The van der Waals surface area contributed by atoms with Crippen LogP contribution in [0.3, 0.4) is 0 Å². The fourth-order valence-electron chi connectivity index (χ4n) is 1.71. The minimum Gasteiger partial charge on any atom is -0.396 e. The van der Waals surface area contributed by atoms with Crippen LogP contribution >= 0.6 is 0 Å². The number of aromatic nitrogens is 1. The Morgan fingerprint density at radius 2 is 2.18 bits per heavy atom. The summed E-state index contributed by atoms with van der Waals surface area (Å²) in [7, 11) is 0. The molecule has 0 aliphatic rings. The standard InChI is InChI=1S/C13H13N3O/c14-8-10-9-16-12-5-2-1-4-11(12)13(10)15-6-3-7-17/h1-2,4-5,9,17H,3,6-7H2,(H,15,16). The van der Waals surface area contributed by atoms with Crippen LogP contribution in [0.25, 0.3) is 10.9 Å². The molecule has 0 radical (unpaired) electrons. The highest BCUT2D eigenvalue weighted by atomic mass is 16.3. The van der Waals surface area contributed by atoms with Gasteiger partial charge in [0.1, 0.15) is 6.07 Å². The van der Waals surface area contributed by atoms with Gasteiger partial charge >= 0.3 is 0 Å². The number of nitrogens with zero attached hydrogens (tertiary/aromatic N) is 2. The first-order valence-corrected chi connectivity index (χ1v) is 5.49. The normalized spacial score (nSPS) is 10.1. The molecule has 0 saturated carbocycles. The van der Waals surface area contributed by atoms with Gasteiger partial charge in [-0.15, -0.1) is 0 Å². The van der Waals surface area contributed by atoms with Gasteiger partial charge < -0.3 is 10.4 Å². The van der Waals surface area contributed by atoms with Gasteiger partial charge in [-0.05, 0) is 12.5 Å². The maximum atomic E-state index is 9.06. The van der Waals surface area contributed by atoms with Crippen molar-refractivity contribution in [2.75, 3.05) is 18.5 Å². The van der Waals surface area contributed by atoms with Crippen molar-refractivity contribution >= 4 is 16.6 Å². The molecule has 86 valence electrons. The summed E-state index contributed by atoms with van der Waals surface area (Å²) >= 11 is 0. The largest absolute Gasteiger partial charge is 0.396 e. The lowest BCUT2D eigenvalue weighted by molar-refractivity contribution is 0.292. The topological polar surface area (TPSA) is 68.9 Å². The van der Waals surface area contributed by atoms with Gasteiger partial charge in [-0.2, -0.15) is 5.26 Å². The molecule has 0 aliphatic heterocycles. The van der Waals surface area contributed by atoms with Crippen LogP contribution in [0.1, 0.15) is 12.0 Å². The highest BCUT2D eigenvalue weighted by Crippen LogP contribution is 2.25. The molecular formula is C13H13N3O. The molecular weight excluding hydrogens is 214 g/mol. The van der Waals surface area contributed by atoms with E-state index >= 15 is 0 Å². The lowest BCUT2D eigenvalue weighted by atomic mass is 10.1. The summed E-state index contributed by atoms with van der Waals surface area (Å²) in [4.78, 5) is 4.23. The van der Waals surface area contributed by atoms with E-state index in [1.807, 2.05) is 24.3 Å². The van der Waals surface area contributed by atoms with Crippen molar-refractivity contribution in [2.45, 2.75) is 6.42 Å². The Labute approximate surface area is 99.5 Å². The Morgan fingerprint density at radius 1 is 1.35 bits per heavy atom. The molecule has 0 spiro atoms. The van der Waals surface area contributed by atoms with E-state index in [4.69, 9.17) is 10.4 Å². The van der Waals surface area contributed by atoms with Crippen LogP contribution in [0, 0.1) is 11.3 Å². The average molecular weight is 227 g/mol. The molecule has 1 aromatic carbocycles. The van der Waals surface area contributed by atoms with Crippen LogP contribution in [0.2, 0.25) is 0 Å². The van der Waals surface area contributed by atoms with E-state index in [1.165, 1.54) is 0 Å². The zero-order valence-corrected chi connectivity index (χ0v) is 9.35. The fourth-order valence-corrected chi connectivity index (χ4v) is 1.71. The summed E-state index contributed by atoms with van der Waals surface area (Å²) in [5.41, 5.74) is 2.19. The summed E-state index contributed by atoms with van der Waals surface area (Å²) in [6.07, 6.45) is 2.23. The predicted molar refractivity (Wildman–Crippen MR) is 66.7 cm³/mol. The van der Waals surface area contributed by atoms with Gasteiger partial charge in [0.05, 0.1) is 16.8 Å². The molecule has 17 heavy (non-hydrogen) atoms. The maximum Gasteiger partial charge on any atom is 0.103 e. The Morgan fingerprint density at radius 3 is 2.94 bits per heavy atom. The first-order valence-electron chi connectivity index (χ1n) is 5.49. The van der Waals surface area contributed by atoms with E-state index in [-0.39, 0.29) is 6.61 Å². The number of hydrogen-bond donors (Lipinski definition) is 2. The number of anilines is 1. The average Bonchev–Trinajstić information content (AvgIpc) is 2.39. The molecule has 0 saturated heterocycles. The number of aliphatic hydroxyl groups excluding tert-OH is 1. The van der Waals surface area contributed by atoms with E-state index in [0.29, 0.717) is 18.5 Å². The van der Waals surface area contributed by atoms with Gasteiger partial charge in [-0.25, -0.2) is 0 Å². The Kier molecular flexibility index (Phi) is 3.53. The number of rotatable bonds is 4. The van der Waals surface area contributed by atoms with Crippen LogP contribution in [0.4, 0.5) is 5.69 Å². The molecule has 0 aliphatic carbocycles. The summed E-state index contributed by atoms with van der Waals surface area (Å²) in [5.74, 6) is 0. The van der Waals surface area contributed by atoms with Crippen molar-refractivity contribution < 1.29 is 5.11 Å². The van der Waals surface area contributed by atoms with Gasteiger partial charge in [0, 0.05) is 24.7 Å². The lowest BCUT2D eigenvalue weighted by Crippen LogP contribution is -2.06. The number of aliphatic hydroxyl groups is 1. The molecule has 2 N–H and O–H groups in total. The van der Waals surface area contributed by atoms with Gasteiger partial charge in [-0.3, -0.25) is 4.98 Å². The van der Waals surface area contributed by atoms with Crippen LogP contribution in [-0.2, 0) is 0 Å². The summed E-state index contributed by atoms with van der Waals surface area (Å²) in [6.45, 7) is 0.775. The van der Waals surface area contributed by atoms with Crippen molar-refractivity contribution in [3.8, 4) is 6.07 Å². The van der Waals surface area contributed by atoms with Crippen LogP contribution in [-0.4, -0.2) is 23.2 Å². The number of nitriles is 1. The smallest absolute Gasteiger partial charge is 0.103 e. The molecule has 1 heterocycles. The van der Waals surface area contributed by atoms with E-state index < -0.39 is 0 Å². The van der Waals surface area contributed by atoms with Crippen molar-refractivity contribution in [3.63, 3.8) is 0 Å². The van der Waals surface area contributed by atoms with E-state index in [0.717, 1.165) is 16.6 Å². The molecule has 4 heteroatoms. The number of benzene rings is 1. The minimum atomic E-state index is 0.137. The van der Waals surface area contributed by atoms with E-state index in [9.17, 15) is 0 Å². The second-order valence-corrected chi connectivity index (χ2v) is 3.68. The van der Waals surface area contributed by atoms with Gasteiger partial charge in [-0.1, -0.05) is 18.2 Å². The highest BCUT2D eigenvalue weighted by molar-refractivity contribution is 5.93. The zero-order chi connectivity index (χ0) is 12.1. The summed E-state index contributed by atoms with van der Waals surface area (Å²) < 4.78 is 0. The molecule has 0 bridgehead atoms. The van der Waals surface area contributed by atoms with Crippen molar-refractivity contribution in [1.82, 2.24) is 4.98 Å². The first-order chi connectivity index (χ1) is 8.36. The summed E-state index contributed by atoms with van der Waals surface area (Å²) in [5, 5.41) is 21.9. The number of hydrogen-bond acceptors (Lipinski definition) is 4. The zero-order valence-electron chi connectivity index (χ0n) is 9.35. The molecule has 0 unspecified atom stereocenters. The van der Waals surface area contributed by atoms with Crippen LogP contribution in [0.5, 0.6) is 0 Å².